The first kappa shape index (κ1) is 6.59. The van der Waals surface area contributed by atoms with Gasteiger partial charge in [-0.3, -0.25) is 0 Å². The zero-order valence-corrected chi connectivity index (χ0v) is 5.39. The summed E-state index contributed by atoms with van der Waals surface area (Å²) in [6, 6.07) is 0. The zero-order valence-electron chi connectivity index (χ0n) is 5.39. The molecule has 2 nitrogen and oxygen atoms in total. The van der Waals surface area contributed by atoms with E-state index in [-0.39, 0.29) is 0 Å². The Kier molecular flexibility index (Phi) is 1.74. The van der Waals surface area contributed by atoms with Gasteiger partial charge < -0.3 is 0 Å². The fourth-order valence-corrected chi connectivity index (χ4v) is 0.694. The molecule has 0 aliphatic carbocycles. The number of hydrogen-bond donors (Lipinski definition) is 2. The molecule has 6 heteroatoms. The van der Waals surface area contributed by atoms with Gasteiger partial charge in [0.25, 0.3) is 0 Å². The quantitative estimate of drug-likeness (QED) is 0.355. The van der Waals surface area contributed by atoms with E-state index < -0.39 is 0 Å². The molecule has 40 valence electrons. The second-order valence-corrected chi connectivity index (χ2v) is 2.13. The van der Waals surface area contributed by atoms with Gasteiger partial charge in [0, 0.05) is 0 Å². The number of hydrogen-bond acceptors (Lipinski definition) is 2. The molecule has 0 fully saturated rings. The molecule has 0 aromatic carbocycles. The molecule has 1 aromatic rings. The van der Waals surface area contributed by atoms with Crippen molar-refractivity contribution in [1.29, 1.82) is 0 Å². The summed E-state index contributed by atoms with van der Waals surface area (Å²) in [4.78, 5) is 0. The van der Waals surface area contributed by atoms with Crippen LogP contribution in [0, 0.1) is 0 Å². The monoisotopic (exact) mass is 114 g/mol. The van der Waals surface area contributed by atoms with Gasteiger partial charge in [0.15, 0.2) is 0 Å². The molecule has 0 bridgehead atoms. The van der Waals surface area contributed by atoms with Crippen molar-refractivity contribution in [2.45, 2.75) is 0 Å². The number of nitrogen functional groups attached to an aromatic ring is 2. The van der Waals surface area contributed by atoms with Gasteiger partial charge in [-0.1, -0.05) is 0 Å². The van der Waals surface area contributed by atoms with Crippen molar-refractivity contribution in [1.82, 2.24) is 0 Å². The van der Waals surface area contributed by atoms with Crippen molar-refractivity contribution in [2.24, 2.45) is 0 Å². The van der Waals surface area contributed by atoms with E-state index in [9.17, 15) is 0 Å². The second kappa shape index (κ2) is 2.38. The molecule has 4 N–H and O–H groups in total. The second-order valence-electron chi connectivity index (χ2n) is 2.13. The average Bonchev–Trinajstić information content (AvgIpc) is 1.80. The first-order valence-corrected chi connectivity index (χ1v) is 2.82. The van der Waals surface area contributed by atoms with Crippen LogP contribution in [0.25, 0.3) is 0 Å². The summed E-state index contributed by atoms with van der Waals surface area (Å²) < 4.78 is 0. The van der Waals surface area contributed by atoms with Gasteiger partial charge in [-0.25, -0.2) is 0 Å². The van der Waals surface area contributed by atoms with E-state index in [1.807, 2.05) is 28.4 Å². The van der Waals surface area contributed by atoms with Crippen molar-refractivity contribution >= 4 is 44.8 Å². The van der Waals surface area contributed by atoms with Crippen molar-refractivity contribution in [3.63, 3.8) is 0 Å². The molecule has 1 heterocycles. The normalized spacial score (nSPS) is 8.00. The summed E-state index contributed by atoms with van der Waals surface area (Å²) in [5.74, 6) is 0. The molecule has 0 saturated carbocycles. The van der Waals surface area contributed by atoms with E-state index in [0.29, 0.717) is 11.2 Å². The number of rotatable bonds is 0. The Labute approximate surface area is 57.0 Å². The molecule has 0 aliphatic rings. The van der Waals surface area contributed by atoms with E-state index in [1.165, 1.54) is 0 Å². The van der Waals surface area contributed by atoms with Gasteiger partial charge in [0.05, 0.1) is 0 Å². The molecule has 0 aliphatic heterocycles. The van der Waals surface area contributed by atoms with Gasteiger partial charge in [-0.2, -0.15) is 0 Å². The van der Waals surface area contributed by atoms with E-state index in [2.05, 4.69) is 0 Å². The Morgan fingerprint density at radius 3 is 2.22 bits per heavy atom. The summed E-state index contributed by atoms with van der Waals surface area (Å²) in [6.07, 6.45) is 0. The van der Waals surface area contributed by atoms with E-state index in [1.54, 1.807) is 0 Å². The maximum atomic E-state index is 5.50. The number of nitrogens with two attached hydrogens (primary N) is 2. The molecule has 9 heavy (non-hydrogen) atoms. The zero-order chi connectivity index (χ0) is 6.85. The molecular weight excluding hydrogens is 107 g/mol. The van der Waals surface area contributed by atoms with E-state index in [0.717, 1.165) is 5.25 Å². The van der Waals surface area contributed by atoms with Gasteiger partial charge in [0.2, 0.25) is 0 Å². The average molecular weight is 113 g/mol. The Balaban J connectivity index is 3.17. The summed E-state index contributed by atoms with van der Waals surface area (Å²) in [5, 5.41) is 1.14. The molecule has 0 amide bonds. The summed E-state index contributed by atoms with van der Waals surface area (Å²) in [7, 11) is 1.98. The fraction of sp³-hybridized carbons (Fsp3) is 0. The van der Waals surface area contributed by atoms with Crippen LogP contribution in [-0.4, -0.2) is 28.4 Å². The Morgan fingerprint density at radius 1 is 1.11 bits per heavy atom. The van der Waals surface area contributed by atoms with Crippen molar-refractivity contribution in [3.05, 3.63) is 0 Å². The predicted octanol–water partition coefficient (Wildman–Crippen LogP) is -2.88. The summed E-state index contributed by atoms with van der Waals surface area (Å²) in [6.45, 7) is 5.60. The van der Waals surface area contributed by atoms with Crippen LogP contribution in [0.15, 0.2) is 0 Å². The minimum atomic E-state index is 0.653. The van der Waals surface area contributed by atoms with Crippen LogP contribution in [0.3, 0.4) is 0 Å². The molecular formula is C3H6B4N2. The Morgan fingerprint density at radius 2 is 1.78 bits per heavy atom. The topological polar surface area (TPSA) is 52.0 Å². The Hall–Kier alpha value is -0.530. The van der Waals surface area contributed by atoms with Crippen molar-refractivity contribution in [3.8, 4) is 0 Å². The molecule has 0 unspecified atom stereocenters. The van der Waals surface area contributed by atoms with Crippen LogP contribution in [0.2, 0.25) is 0 Å². The molecule has 0 spiro atoms. The first-order chi connectivity index (χ1) is 4.20. The summed E-state index contributed by atoms with van der Waals surface area (Å²) in [5.41, 5.74) is 12.3. The van der Waals surface area contributed by atoms with Gasteiger partial charge in [-0.05, 0) is 0 Å². The minimum absolute atomic E-state index is 0.653. The van der Waals surface area contributed by atoms with Crippen LogP contribution in [0.4, 0.5) is 11.2 Å². The molecule has 0 atom stereocenters. The van der Waals surface area contributed by atoms with Crippen LogP contribution >= 0.6 is 0 Å². The molecule has 1 aromatic heterocycles. The van der Waals surface area contributed by atoms with Crippen LogP contribution in [0.1, 0.15) is 0 Å². The molecule has 1 rings (SSSR count). The standard InChI is InChI=1S/C3H6B4N2/c4-3-5-1(8)2(9)6-7-3/h4,8-9H2. The van der Waals surface area contributed by atoms with Crippen LogP contribution in [0.5, 0.6) is 0 Å². The SMILES string of the molecule is Bc1bbc(N)c(N)b1. The van der Waals surface area contributed by atoms with Gasteiger partial charge >= 0.3 is 56.2 Å². The predicted molar refractivity (Wildman–Crippen MR) is 47.5 cm³/mol. The summed E-state index contributed by atoms with van der Waals surface area (Å²) >= 11 is 0. The maximum absolute atomic E-state index is 5.50. The third kappa shape index (κ3) is 1.44. The van der Waals surface area contributed by atoms with Crippen LogP contribution in [-0.2, 0) is 0 Å². The third-order valence-electron chi connectivity index (χ3n) is 1.24. The number of anilines is 2. The first-order valence-electron chi connectivity index (χ1n) is 2.82. The fourth-order valence-electron chi connectivity index (χ4n) is 0.694. The van der Waals surface area contributed by atoms with Gasteiger partial charge in [0.1, 0.15) is 0 Å². The van der Waals surface area contributed by atoms with Crippen molar-refractivity contribution in [2.75, 3.05) is 11.5 Å². The third-order valence-corrected chi connectivity index (χ3v) is 1.24. The van der Waals surface area contributed by atoms with Crippen LogP contribution < -0.4 is 16.7 Å². The molecule has 0 saturated heterocycles. The Bertz CT molecular complexity index is 225. The van der Waals surface area contributed by atoms with Crippen molar-refractivity contribution < 1.29 is 0 Å². The molecule has 0 radical (unpaired) electrons. The van der Waals surface area contributed by atoms with Gasteiger partial charge in [-0.15, -0.1) is 0 Å². The van der Waals surface area contributed by atoms with E-state index in [4.69, 9.17) is 11.5 Å². The van der Waals surface area contributed by atoms with E-state index >= 15 is 0 Å².